The lowest BCUT2D eigenvalue weighted by atomic mass is 9.83. The van der Waals surface area contributed by atoms with Crippen molar-refractivity contribution in [3.63, 3.8) is 0 Å². The maximum absolute atomic E-state index is 12.6. The van der Waals surface area contributed by atoms with E-state index in [1.807, 2.05) is 0 Å². The quantitative estimate of drug-likeness (QED) is 0.681. The molecule has 2 aliphatic rings. The van der Waals surface area contributed by atoms with Crippen LogP contribution < -0.4 is 5.32 Å². The summed E-state index contributed by atoms with van der Waals surface area (Å²) in [5.41, 5.74) is 1.03. The van der Waals surface area contributed by atoms with E-state index >= 15 is 0 Å². The molecule has 1 aromatic heterocycles. The molecule has 1 amide bonds. The third-order valence-electron chi connectivity index (χ3n) is 6.23. The SMILES string of the molecule is COC(=O)c1ccc(Cl)c(Cc2noc(C(=O)NCC3CCCN4CCCCC34)n2)c1. The van der Waals surface area contributed by atoms with Crippen molar-refractivity contribution >= 4 is 23.5 Å². The fourth-order valence-electron chi connectivity index (χ4n) is 4.66. The van der Waals surface area contributed by atoms with Crippen molar-refractivity contribution in [2.24, 2.45) is 5.92 Å². The molecule has 2 aromatic rings. The second kappa shape index (κ2) is 9.78. The van der Waals surface area contributed by atoms with Crippen LogP contribution in [0.3, 0.4) is 0 Å². The minimum absolute atomic E-state index is 0.0634. The first-order valence-corrected chi connectivity index (χ1v) is 11.1. The van der Waals surface area contributed by atoms with Crippen LogP contribution in [0.5, 0.6) is 0 Å². The van der Waals surface area contributed by atoms with Gasteiger partial charge >= 0.3 is 17.8 Å². The number of fused-ring (bicyclic) bond motifs is 1. The van der Waals surface area contributed by atoms with Gasteiger partial charge in [-0.15, -0.1) is 0 Å². The van der Waals surface area contributed by atoms with E-state index in [0.29, 0.717) is 40.5 Å². The molecule has 166 valence electrons. The number of methoxy groups -OCH3 is 1. The number of amides is 1. The van der Waals surface area contributed by atoms with Gasteiger partial charge in [0.05, 0.1) is 12.7 Å². The highest BCUT2D eigenvalue weighted by Crippen LogP contribution is 2.30. The third kappa shape index (κ3) is 5.07. The minimum Gasteiger partial charge on any atom is -0.465 e. The Hall–Kier alpha value is -2.45. The Labute approximate surface area is 186 Å². The summed E-state index contributed by atoms with van der Waals surface area (Å²) in [6.45, 7) is 2.95. The number of aromatic nitrogens is 2. The smallest absolute Gasteiger partial charge is 0.337 e. The molecule has 1 N–H and O–H groups in total. The molecular weight excluding hydrogens is 420 g/mol. The highest BCUT2D eigenvalue weighted by Gasteiger charge is 2.33. The number of nitrogens with one attached hydrogen (secondary N) is 1. The number of esters is 1. The Morgan fingerprint density at radius 1 is 1.26 bits per heavy atom. The Morgan fingerprint density at radius 3 is 2.94 bits per heavy atom. The van der Waals surface area contributed by atoms with Crippen LogP contribution in [-0.4, -0.2) is 59.7 Å². The predicted molar refractivity (Wildman–Crippen MR) is 114 cm³/mol. The van der Waals surface area contributed by atoms with Gasteiger partial charge < -0.3 is 19.5 Å². The van der Waals surface area contributed by atoms with Gasteiger partial charge in [0.15, 0.2) is 5.82 Å². The second-order valence-electron chi connectivity index (χ2n) is 8.20. The van der Waals surface area contributed by atoms with Crippen LogP contribution in [0.25, 0.3) is 0 Å². The summed E-state index contributed by atoms with van der Waals surface area (Å²) in [5, 5.41) is 7.34. The van der Waals surface area contributed by atoms with E-state index in [1.54, 1.807) is 18.2 Å². The number of nitrogens with zero attached hydrogens (tertiary/aromatic N) is 3. The molecule has 2 unspecified atom stereocenters. The van der Waals surface area contributed by atoms with E-state index in [0.717, 1.165) is 6.42 Å². The summed E-state index contributed by atoms with van der Waals surface area (Å²) in [6, 6.07) is 5.40. The normalized spacial score (nSPS) is 21.4. The fourth-order valence-corrected chi connectivity index (χ4v) is 4.84. The first-order valence-electron chi connectivity index (χ1n) is 10.8. The molecule has 2 fully saturated rings. The molecule has 2 aliphatic heterocycles. The van der Waals surface area contributed by atoms with Crippen molar-refractivity contribution in [2.45, 2.75) is 44.6 Å². The molecule has 9 heteroatoms. The van der Waals surface area contributed by atoms with Gasteiger partial charge in [-0.1, -0.05) is 23.2 Å². The molecule has 2 atom stereocenters. The summed E-state index contributed by atoms with van der Waals surface area (Å²) in [6.07, 6.45) is 6.28. The molecule has 0 radical (unpaired) electrons. The number of rotatable bonds is 6. The molecule has 3 heterocycles. The van der Waals surface area contributed by atoms with E-state index < -0.39 is 5.97 Å². The number of carbonyl (C=O) groups is 2. The van der Waals surface area contributed by atoms with Crippen molar-refractivity contribution in [1.82, 2.24) is 20.4 Å². The largest absolute Gasteiger partial charge is 0.465 e. The highest BCUT2D eigenvalue weighted by molar-refractivity contribution is 6.31. The molecule has 0 aliphatic carbocycles. The zero-order valence-electron chi connectivity index (χ0n) is 17.6. The number of piperidine rings is 2. The van der Waals surface area contributed by atoms with Crippen LogP contribution in [0.4, 0.5) is 0 Å². The van der Waals surface area contributed by atoms with Crippen LogP contribution in [0.15, 0.2) is 22.7 Å². The molecule has 0 saturated carbocycles. The number of carbonyl (C=O) groups excluding carboxylic acids is 2. The maximum atomic E-state index is 12.6. The lowest BCUT2D eigenvalue weighted by molar-refractivity contribution is 0.0569. The maximum Gasteiger partial charge on any atom is 0.337 e. The van der Waals surface area contributed by atoms with E-state index in [1.165, 1.54) is 45.9 Å². The number of hydrogen-bond acceptors (Lipinski definition) is 7. The Bertz CT molecular complexity index is 945. The second-order valence-corrected chi connectivity index (χ2v) is 8.61. The van der Waals surface area contributed by atoms with Gasteiger partial charge in [-0.05, 0) is 68.5 Å². The third-order valence-corrected chi connectivity index (χ3v) is 6.60. The van der Waals surface area contributed by atoms with Gasteiger partial charge in [-0.3, -0.25) is 4.79 Å². The number of halogens is 1. The molecule has 1 aromatic carbocycles. The predicted octanol–water partition coefficient (Wildman–Crippen LogP) is 3.09. The van der Waals surface area contributed by atoms with Crippen LogP contribution in [0, 0.1) is 5.92 Å². The van der Waals surface area contributed by atoms with Crippen molar-refractivity contribution < 1.29 is 18.8 Å². The van der Waals surface area contributed by atoms with Crippen molar-refractivity contribution in [3.05, 3.63) is 46.1 Å². The Balaban J connectivity index is 1.36. The topological polar surface area (TPSA) is 97.6 Å². The molecule has 2 saturated heterocycles. The van der Waals surface area contributed by atoms with Crippen molar-refractivity contribution in [3.8, 4) is 0 Å². The average Bonchev–Trinajstić information content (AvgIpc) is 3.27. The fraction of sp³-hybridized carbons (Fsp3) is 0.545. The minimum atomic E-state index is -0.453. The summed E-state index contributed by atoms with van der Waals surface area (Å²) < 4.78 is 9.90. The highest BCUT2D eigenvalue weighted by atomic mass is 35.5. The zero-order valence-corrected chi connectivity index (χ0v) is 18.4. The van der Waals surface area contributed by atoms with E-state index in [2.05, 4.69) is 20.4 Å². The summed E-state index contributed by atoms with van der Waals surface area (Å²) in [4.78, 5) is 31.1. The van der Waals surface area contributed by atoms with E-state index in [4.69, 9.17) is 20.9 Å². The zero-order chi connectivity index (χ0) is 21.8. The molecule has 0 spiro atoms. The van der Waals surface area contributed by atoms with Crippen LogP contribution >= 0.6 is 11.6 Å². The first-order chi connectivity index (χ1) is 15.0. The van der Waals surface area contributed by atoms with Gasteiger partial charge in [0.25, 0.3) is 0 Å². The van der Waals surface area contributed by atoms with E-state index in [9.17, 15) is 9.59 Å². The number of ether oxygens (including phenoxy) is 1. The molecule has 8 nitrogen and oxygen atoms in total. The lowest BCUT2D eigenvalue weighted by Gasteiger charge is -2.44. The summed E-state index contributed by atoms with van der Waals surface area (Å²) >= 11 is 6.23. The van der Waals surface area contributed by atoms with Crippen LogP contribution in [0.1, 0.15) is 64.5 Å². The standard InChI is InChI=1S/C22H27ClN4O4/c1-30-22(29)14-7-8-17(23)16(11-14)12-19-25-21(31-26-19)20(28)24-13-15-5-4-10-27-9-3-2-6-18(15)27/h7-8,11,15,18H,2-6,9-10,12-13H2,1H3,(H,24,28). The molecular formula is C22H27ClN4O4. The van der Waals surface area contributed by atoms with E-state index in [-0.39, 0.29) is 18.2 Å². The molecule has 31 heavy (non-hydrogen) atoms. The van der Waals surface area contributed by atoms with Gasteiger partial charge in [-0.2, -0.15) is 4.98 Å². The Morgan fingerprint density at radius 2 is 2.10 bits per heavy atom. The van der Waals surface area contributed by atoms with Crippen molar-refractivity contribution in [1.29, 1.82) is 0 Å². The van der Waals surface area contributed by atoms with Gasteiger partial charge in [0.1, 0.15) is 0 Å². The van der Waals surface area contributed by atoms with Gasteiger partial charge in [-0.25, -0.2) is 4.79 Å². The first kappa shape index (κ1) is 21.8. The van der Waals surface area contributed by atoms with Crippen LogP contribution in [-0.2, 0) is 11.2 Å². The molecule has 4 rings (SSSR count). The summed E-state index contributed by atoms with van der Waals surface area (Å²) in [7, 11) is 1.32. The number of benzene rings is 1. The lowest BCUT2D eigenvalue weighted by Crippen LogP contribution is -2.51. The summed E-state index contributed by atoms with van der Waals surface area (Å²) in [5.74, 6) is -0.0940. The molecule has 0 bridgehead atoms. The van der Waals surface area contributed by atoms with Crippen LogP contribution in [0.2, 0.25) is 5.02 Å². The Kier molecular flexibility index (Phi) is 6.87. The van der Waals surface area contributed by atoms with Gasteiger partial charge in [0.2, 0.25) is 0 Å². The van der Waals surface area contributed by atoms with Gasteiger partial charge in [0, 0.05) is 24.0 Å². The average molecular weight is 447 g/mol. The van der Waals surface area contributed by atoms with Crippen molar-refractivity contribution in [2.75, 3.05) is 26.7 Å². The monoisotopic (exact) mass is 446 g/mol. The number of hydrogen-bond donors (Lipinski definition) is 1.